The number of rotatable bonds is 7. The SMILES string of the molecule is C[C@@H]1CN(CC2(c3ccc(C(N)=O)cc3)CC2)CCN1S(=O)(=O)c1ccc([C@@](C)(O)C(F)(F)F)cc1. The summed E-state index contributed by atoms with van der Waals surface area (Å²) in [4.78, 5) is 13.5. The van der Waals surface area contributed by atoms with E-state index in [4.69, 9.17) is 5.73 Å². The van der Waals surface area contributed by atoms with Gasteiger partial charge in [-0.15, -0.1) is 0 Å². The van der Waals surface area contributed by atoms with Crippen LogP contribution in [0.3, 0.4) is 0 Å². The molecule has 2 aromatic rings. The third kappa shape index (κ3) is 4.89. The number of carbonyl (C=O) groups excluding carboxylic acids is 1. The third-order valence-electron chi connectivity index (χ3n) is 7.39. The molecule has 4 rings (SSSR count). The standard InChI is InChI=1S/C25H30F3N3O4S/c1-17-15-30(16-24(11-12-24)20-5-3-18(4-6-20)22(29)32)13-14-31(17)36(34,35)21-9-7-19(8-10-21)23(2,33)25(26,27)28/h3-10,17,33H,11-16H2,1-2H3,(H2,29,32)/t17-,23-/m1/s1. The van der Waals surface area contributed by atoms with E-state index >= 15 is 0 Å². The van der Waals surface area contributed by atoms with Gasteiger partial charge in [-0.2, -0.15) is 17.5 Å². The fourth-order valence-electron chi connectivity index (χ4n) is 4.87. The molecule has 1 saturated carbocycles. The Morgan fingerprint density at radius 3 is 2.14 bits per heavy atom. The molecular formula is C25H30F3N3O4S. The molecule has 196 valence electrons. The second kappa shape index (κ2) is 9.13. The molecule has 1 heterocycles. The van der Waals surface area contributed by atoms with Crippen LogP contribution in [-0.2, 0) is 21.0 Å². The van der Waals surface area contributed by atoms with Gasteiger partial charge >= 0.3 is 6.18 Å². The molecule has 2 aliphatic rings. The van der Waals surface area contributed by atoms with E-state index in [1.807, 2.05) is 19.1 Å². The molecule has 7 nitrogen and oxygen atoms in total. The van der Waals surface area contributed by atoms with E-state index in [0.717, 1.165) is 49.2 Å². The molecule has 1 aliphatic heterocycles. The van der Waals surface area contributed by atoms with Crippen LogP contribution < -0.4 is 5.73 Å². The molecular weight excluding hydrogens is 495 g/mol. The first-order valence-electron chi connectivity index (χ1n) is 11.7. The highest BCUT2D eigenvalue weighted by Crippen LogP contribution is 2.49. The summed E-state index contributed by atoms with van der Waals surface area (Å²) < 4.78 is 67.2. The fourth-order valence-corrected chi connectivity index (χ4v) is 6.49. The maximum absolute atomic E-state index is 13.3. The number of primary amides is 1. The normalized spacial score (nSPS) is 22.7. The van der Waals surface area contributed by atoms with Crippen LogP contribution in [0.15, 0.2) is 53.4 Å². The Morgan fingerprint density at radius 2 is 1.67 bits per heavy atom. The molecule has 3 N–H and O–H groups in total. The molecule has 2 aromatic carbocycles. The summed E-state index contributed by atoms with van der Waals surface area (Å²) in [5.41, 5.74) is 3.39. The number of carbonyl (C=O) groups is 1. The highest BCUT2D eigenvalue weighted by molar-refractivity contribution is 7.89. The van der Waals surface area contributed by atoms with Crippen molar-refractivity contribution < 1.29 is 31.5 Å². The predicted octanol–water partition coefficient (Wildman–Crippen LogP) is 2.98. The number of nitrogens with two attached hydrogens (primary N) is 1. The number of piperazine rings is 1. The molecule has 0 unspecified atom stereocenters. The topological polar surface area (TPSA) is 104 Å². The Kier molecular flexibility index (Phi) is 6.74. The van der Waals surface area contributed by atoms with E-state index in [1.54, 1.807) is 12.1 Å². The average molecular weight is 526 g/mol. The summed E-state index contributed by atoms with van der Waals surface area (Å²) in [5.74, 6) is -0.474. The number of hydrogen-bond donors (Lipinski definition) is 2. The lowest BCUT2D eigenvalue weighted by atomic mass is 9.93. The van der Waals surface area contributed by atoms with Gasteiger partial charge in [-0.25, -0.2) is 8.42 Å². The predicted molar refractivity (Wildman–Crippen MR) is 128 cm³/mol. The monoisotopic (exact) mass is 525 g/mol. The van der Waals surface area contributed by atoms with Gasteiger partial charge in [0.15, 0.2) is 5.60 Å². The lowest BCUT2D eigenvalue weighted by molar-refractivity contribution is -0.258. The summed E-state index contributed by atoms with van der Waals surface area (Å²) >= 11 is 0. The summed E-state index contributed by atoms with van der Waals surface area (Å²) in [7, 11) is -3.93. The average Bonchev–Trinajstić information content (AvgIpc) is 3.59. The summed E-state index contributed by atoms with van der Waals surface area (Å²) in [6.07, 6.45) is -2.88. The highest BCUT2D eigenvalue weighted by atomic mass is 32.2. The maximum Gasteiger partial charge on any atom is 0.421 e. The summed E-state index contributed by atoms with van der Waals surface area (Å²) in [5, 5.41) is 9.84. The molecule has 2 atom stereocenters. The van der Waals surface area contributed by atoms with Crippen LogP contribution in [0.4, 0.5) is 13.2 Å². The van der Waals surface area contributed by atoms with Crippen LogP contribution in [0, 0.1) is 0 Å². The van der Waals surface area contributed by atoms with Gasteiger partial charge in [0.1, 0.15) is 0 Å². The maximum atomic E-state index is 13.3. The van der Waals surface area contributed by atoms with Gasteiger partial charge in [-0.1, -0.05) is 24.3 Å². The van der Waals surface area contributed by atoms with Crippen LogP contribution in [0.5, 0.6) is 0 Å². The zero-order chi connectivity index (χ0) is 26.5. The van der Waals surface area contributed by atoms with Gasteiger partial charge in [0, 0.05) is 43.2 Å². The van der Waals surface area contributed by atoms with Gasteiger partial charge in [0.05, 0.1) is 4.90 Å². The number of sulfonamides is 1. The minimum atomic E-state index is -4.89. The first kappa shape index (κ1) is 26.6. The van der Waals surface area contributed by atoms with Crippen molar-refractivity contribution >= 4 is 15.9 Å². The lowest BCUT2D eigenvalue weighted by Gasteiger charge is -2.40. The second-order valence-corrected chi connectivity index (χ2v) is 11.9. The van der Waals surface area contributed by atoms with Gasteiger partial charge < -0.3 is 10.8 Å². The van der Waals surface area contributed by atoms with E-state index in [0.29, 0.717) is 25.6 Å². The molecule has 1 saturated heterocycles. The Morgan fingerprint density at radius 1 is 1.08 bits per heavy atom. The molecule has 0 radical (unpaired) electrons. The molecule has 0 bridgehead atoms. The van der Waals surface area contributed by atoms with Crippen molar-refractivity contribution in [3.63, 3.8) is 0 Å². The quantitative estimate of drug-likeness (QED) is 0.579. The van der Waals surface area contributed by atoms with Crippen LogP contribution in [0.25, 0.3) is 0 Å². The molecule has 11 heteroatoms. The molecule has 36 heavy (non-hydrogen) atoms. The molecule has 0 spiro atoms. The third-order valence-corrected chi connectivity index (χ3v) is 9.42. The molecule has 1 aliphatic carbocycles. The minimum Gasteiger partial charge on any atom is -0.376 e. The van der Waals surface area contributed by atoms with Crippen molar-refractivity contribution in [1.82, 2.24) is 9.21 Å². The fraction of sp³-hybridized carbons (Fsp3) is 0.480. The number of nitrogens with zero attached hydrogens (tertiary/aromatic N) is 2. The lowest BCUT2D eigenvalue weighted by Crippen LogP contribution is -2.55. The first-order chi connectivity index (χ1) is 16.7. The minimum absolute atomic E-state index is 0.0256. The van der Waals surface area contributed by atoms with E-state index in [2.05, 4.69) is 4.90 Å². The number of hydrogen-bond acceptors (Lipinski definition) is 5. The van der Waals surface area contributed by atoms with Gasteiger partial charge in [0.2, 0.25) is 15.9 Å². The Bertz CT molecular complexity index is 1220. The largest absolute Gasteiger partial charge is 0.421 e. The second-order valence-electron chi connectivity index (χ2n) is 10.0. The van der Waals surface area contributed by atoms with E-state index in [1.165, 1.54) is 4.31 Å². The number of benzene rings is 2. The van der Waals surface area contributed by atoms with Crippen LogP contribution >= 0.6 is 0 Å². The summed E-state index contributed by atoms with van der Waals surface area (Å²) in [6, 6.07) is 11.2. The number of alkyl halides is 3. The van der Waals surface area contributed by atoms with Crippen molar-refractivity contribution in [1.29, 1.82) is 0 Å². The first-order valence-corrected chi connectivity index (χ1v) is 13.2. The van der Waals surface area contributed by atoms with Crippen molar-refractivity contribution in [2.24, 2.45) is 5.73 Å². The van der Waals surface area contributed by atoms with Gasteiger partial charge in [-0.05, 0) is 62.1 Å². The Labute approximate surface area is 208 Å². The zero-order valence-corrected chi connectivity index (χ0v) is 20.9. The van der Waals surface area contributed by atoms with Crippen LogP contribution in [-0.4, -0.2) is 67.0 Å². The van der Waals surface area contributed by atoms with Crippen molar-refractivity contribution in [2.75, 3.05) is 26.2 Å². The van der Waals surface area contributed by atoms with Crippen molar-refractivity contribution in [3.8, 4) is 0 Å². The number of halogens is 3. The van der Waals surface area contributed by atoms with Crippen LogP contribution in [0.1, 0.15) is 48.2 Å². The van der Waals surface area contributed by atoms with Crippen molar-refractivity contribution in [3.05, 3.63) is 65.2 Å². The van der Waals surface area contributed by atoms with E-state index in [-0.39, 0.29) is 22.9 Å². The zero-order valence-electron chi connectivity index (χ0n) is 20.1. The van der Waals surface area contributed by atoms with Crippen LogP contribution in [0.2, 0.25) is 0 Å². The smallest absolute Gasteiger partial charge is 0.376 e. The highest BCUT2D eigenvalue weighted by Gasteiger charge is 2.51. The van der Waals surface area contributed by atoms with E-state index < -0.39 is 33.3 Å². The Balaban J connectivity index is 1.43. The number of amides is 1. The number of aliphatic hydroxyl groups is 1. The van der Waals surface area contributed by atoms with E-state index in [9.17, 15) is 31.5 Å². The van der Waals surface area contributed by atoms with Gasteiger partial charge in [-0.3, -0.25) is 9.69 Å². The summed E-state index contributed by atoms with van der Waals surface area (Å²) in [6.45, 7) is 4.50. The molecule has 1 amide bonds. The van der Waals surface area contributed by atoms with Gasteiger partial charge in [0.25, 0.3) is 0 Å². The Hall–Kier alpha value is -2.47. The molecule has 2 fully saturated rings. The molecule has 0 aromatic heterocycles. The van der Waals surface area contributed by atoms with Crippen molar-refractivity contribution in [2.45, 2.75) is 54.8 Å².